The van der Waals surface area contributed by atoms with Crippen LogP contribution in [0.5, 0.6) is 5.75 Å². The monoisotopic (exact) mass is 378 g/mol. The fourth-order valence-corrected chi connectivity index (χ4v) is 3.25. The summed E-state index contributed by atoms with van der Waals surface area (Å²) in [6, 6.07) is 15.2. The minimum Gasteiger partial charge on any atom is -0.484 e. The summed E-state index contributed by atoms with van der Waals surface area (Å²) in [6.07, 6.45) is 5.29. The van der Waals surface area contributed by atoms with E-state index in [0.29, 0.717) is 5.75 Å². The zero-order valence-electron chi connectivity index (χ0n) is 15.5. The van der Waals surface area contributed by atoms with Crippen molar-refractivity contribution >= 4 is 17.3 Å². The summed E-state index contributed by atoms with van der Waals surface area (Å²) in [6.45, 7) is 2.12. The van der Waals surface area contributed by atoms with Gasteiger partial charge in [0.15, 0.2) is 6.61 Å². The Morgan fingerprint density at radius 2 is 1.86 bits per heavy atom. The van der Waals surface area contributed by atoms with Crippen LogP contribution in [0, 0.1) is 0 Å². The topological polar surface area (TPSA) is 85.2 Å². The first-order chi connectivity index (χ1) is 13.8. The van der Waals surface area contributed by atoms with Crippen LogP contribution in [0.1, 0.15) is 19.3 Å². The van der Waals surface area contributed by atoms with Crippen LogP contribution in [-0.2, 0) is 4.79 Å². The van der Waals surface area contributed by atoms with E-state index in [1.54, 1.807) is 12.1 Å². The molecule has 0 aliphatic carbocycles. The third-order valence-corrected chi connectivity index (χ3v) is 4.67. The van der Waals surface area contributed by atoms with Crippen molar-refractivity contribution in [1.29, 1.82) is 0 Å². The van der Waals surface area contributed by atoms with Gasteiger partial charge in [0.1, 0.15) is 12.1 Å². The standard InChI is InChI=1S/C20H22N6O2/c27-20(14-28-19-6-4-5-18(13-19)26-15-21-23-24-26)22-16-7-9-17(10-8-16)25-11-2-1-3-12-25/h4-10,13,15H,1-3,11-12,14H2,(H,22,27). The Kier molecular flexibility index (Phi) is 5.46. The third kappa shape index (κ3) is 4.46. The molecular weight excluding hydrogens is 356 g/mol. The third-order valence-electron chi connectivity index (χ3n) is 4.67. The highest BCUT2D eigenvalue weighted by molar-refractivity contribution is 5.92. The molecule has 2 aromatic carbocycles. The number of hydrogen-bond acceptors (Lipinski definition) is 6. The Morgan fingerprint density at radius 1 is 1.04 bits per heavy atom. The number of nitrogens with one attached hydrogen (secondary N) is 1. The van der Waals surface area contributed by atoms with Crippen LogP contribution in [0.4, 0.5) is 11.4 Å². The van der Waals surface area contributed by atoms with Crippen LogP contribution in [-0.4, -0.2) is 45.8 Å². The normalized spacial score (nSPS) is 13.9. The molecule has 28 heavy (non-hydrogen) atoms. The summed E-state index contributed by atoms with van der Waals surface area (Å²) in [7, 11) is 0. The molecule has 1 N–H and O–H groups in total. The average molecular weight is 378 g/mol. The van der Waals surface area contributed by atoms with Gasteiger partial charge in [-0.1, -0.05) is 6.07 Å². The predicted octanol–water partition coefficient (Wildman–Crippen LogP) is 2.67. The summed E-state index contributed by atoms with van der Waals surface area (Å²) in [5.74, 6) is 0.363. The van der Waals surface area contributed by atoms with E-state index < -0.39 is 0 Å². The van der Waals surface area contributed by atoms with Gasteiger partial charge in [-0.15, -0.1) is 5.10 Å². The zero-order chi connectivity index (χ0) is 19.2. The first-order valence-electron chi connectivity index (χ1n) is 9.39. The minimum atomic E-state index is -0.210. The molecule has 1 fully saturated rings. The molecule has 4 rings (SSSR count). The summed E-state index contributed by atoms with van der Waals surface area (Å²) in [4.78, 5) is 14.6. The van der Waals surface area contributed by atoms with E-state index >= 15 is 0 Å². The van der Waals surface area contributed by atoms with Gasteiger partial charge < -0.3 is 15.0 Å². The van der Waals surface area contributed by atoms with E-state index in [1.807, 2.05) is 24.3 Å². The molecule has 0 saturated carbocycles. The Morgan fingerprint density at radius 3 is 2.61 bits per heavy atom. The van der Waals surface area contributed by atoms with Crippen LogP contribution in [0.3, 0.4) is 0 Å². The fourth-order valence-electron chi connectivity index (χ4n) is 3.25. The van der Waals surface area contributed by atoms with E-state index in [2.05, 4.69) is 37.9 Å². The molecule has 8 nitrogen and oxygen atoms in total. The molecule has 0 atom stereocenters. The quantitative estimate of drug-likeness (QED) is 0.710. The second kappa shape index (κ2) is 8.51. The number of amides is 1. The molecule has 144 valence electrons. The van der Waals surface area contributed by atoms with Gasteiger partial charge in [-0.25, -0.2) is 4.68 Å². The van der Waals surface area contributed by atoms with Gasteiger partial charge >= 0.3 is 0 Å². The number of anilines is 2. The fraction of sp³-hybridized carbons (Fsp3) is 0.300. The van der Waals surface area contributed by atoms with Gasteiger partial charge in [-0.3, -0.25) is 4.79 Å². The van der Waals surface area contributed by atoms with Gasteiger partial charge in [0.05, 0.1) is 5.69 Å². The van der Waals surface area contributed by atoms with E-state index in [4.69, 9.17) is 4.74 Å². The van der Waals surface area contributed by atoms with Gasteiger partial charge in [-0.05, 0) is 66.1 Å². The largest absolute Gasteiger partial charge is 0.484 e. The molecule has 2 heterocycles. The van der Waals surface area contributed by atoms with Crippen molar-refractivity contribution in [3.8, 4) is 11.4 Å². The molecule has 1 aromatic heterocycles. The van der Waals surface area contributed by atoms with E-state index in [9.17, 15) is 4.79 Å². The maximum Gasteiger partial charge on any atom is 0.262 e. The van der Waals surface area contributed by atoms with Crippen molar-refractivity contribution in [3.63, 3.8) is 0 Å². The van der Waals surface area contributed by atoms with Crippen molar-refractivity contribution in [2.45, 2.75) is 19.3 Å². The molecule has 0 bridgehead atoms. The van der Waals surface area contributed by atoms with Crippen LogP contribution >= 0.6 is 0 Å². The second-order valence-corrected chi connectivity index (χ2v) is 6.68. The smallest absolute Gasteiger partial charge is 0.262 e. The molecule has 0 unspecified atom stereocenters. The Bertz CT molecular complexity index is 905. The number of aromatic nitrogens is 4. The number of piperidine rings is 1. The maximum absolute atomic E-state index is 12.2. The summed E-state index contributed by atoms with van der Waals surface area (Å²) in [5, 5.41) is 13.9. The lowest BCUT2D eigenvalue weighted by Gasteiger charge is -2.28. The predicted molar refractivity (Wildman–Crippen MR) is 106 cm³/mol. The number of carbonyl (C=O) groups is 1. The molecule has 8 heteroatoms. The number of benzene rings is 2. The van der Waals surface area contributed by atoms with Gasteiger partial charge in [0.25, 0.3) is 5.91 Å². The molecular formula is C20H22N6O2. The first kappa shape index (κ1) is 18.0. The van der Waals surface area contributed by atoms with Crippen molar-refractivity contribution in [2.75, 3.05) is 29.9 Å². The number of carbonyl (C=O) groups excluding carboxylic acids is 1. The summed E-state index contributed by atoms with van der Waals surface area (Å²) in [5.41, 5.74) is 2.72. The average Bonchev–Trinajstić information content (AvgIpc) is 3.29. The van der Waals surface area contributed by atoms with Crippen LogP contribution in [0.15, 0.2) is 54.9 Å². The number of ether oxygens (including phenoxy) is 1. The first-order valence-corrected chi connectivity index (χ1v) is 9.39. The lowest BCUT2D eigenvalue weighted by molar-refractivity contribution is -0.118. The van der Waals surface area contributed by atoms with Crippen LogP contribution < -0.4 is 15.0 Å². The molecule has 0 spiro atoms. The lowest BCUT2D eigenvalue weighted by Crippen LogP contribution is -2.29. The second-order valence-electron chi connectivity index (χ2n) is 6.68. The van der Waals surface area contributed by atoms with Crippen molar-refractivity contribution in [1.82, 2.24) is 20.2 Å². The highest BCUT2D eigenvalue weighted by atomic mass is 16.5. The van der Waals surface area contributed by atoms with E-state index in [-0.39, 0.29) is 12.5 Å². The van der Waals surface area contributed by atoms with Crippen LogP contribution in [0.25, 0.3) is 5.69 Å². The van der Waals surface area contributed by atoms with Gasteiger partial charge in [0, 0.05) is 30.5 Å². The van der Waals surface area contributed by atoms with Crippen LogP contribution in [0.2, 0.25) is 0 Å². The zero-order valence-corrected chi connectivity index (χ0v) is 15.5. The number of hydrogen-bond donors (Lipinski definition) is 1. The molecule has 1 amide bonds. The highest BCUT2D eigenvalue weighted by Crippen LogP contribution is 2.22. The molecule has 1 aliphatic rings. The minimum absolute atomic E-state index is 0.0765. The number of tetrazole rings is 1. The van der Waals surface area contributed by atoms with Crippen molar-refractivity contribution in [3.05, 3.63) is 54.9 Å². The van der Waals surface area contributed by atoms with Crippen molar-refractivity contribution < 1.29 is 9.53 Å². The number of nitrogens with zero attached hydrogens (tertiary/aromatic N) is 5. The van der Waals surface area contributed by atoms with E-state index in [1.165, 1.54) is 36.0 Å². The Balaban J connectivity index is 1.30. The molecule has 1 saturated heterocycles. The number of rotatable bonds is 6. The van der Waals surface area contributed by atoms with Gasteiger partial charge in [-0.2, -0.15) is 0 Å². The highest BCUT2D eigenvalue weighted by Gasteiger charge is 2.11. The maximum atomic E-state index is 12.2. The molecule has 1 aliphatic heterocycles. The Labute approximate surface area is 163 Å². The summed E-state index contributed by atoms with van der Waals surface area (Å²) < 4.78 is 7.12. The lowest BCUT2D eigenvalue weighted by atomic mass is 10.1. The van der Waals surface area contributed by atoms with Gasteiger partial charge in [0.2, 0.25) is 0 Å². The molecule has 0 radical (unpaired) electrons. The molecule has 3 aromatic rings. The van der Waals surface area contributed by atoms with E-state index in [0.717, 1.165) is 24.5 Å². The summed E-state index contributed by atoms with van der Waals surface area (Å²) >= 11 is 0. The van der Waals surface area contributed by atoms with Crippen molar-refractivity contribution in [2.24, 2.45) is 0 Å². The Hall–Kier alpha value is -3.42. The SMILES string of the molecule is O=C(COc1cccc(-n2cnnn2)c1)Nc1ccc(N2CCCCC2)cc1.